The number of anilines is 3. The van der Waals surface area contributed by atoms with E-state index in [1.54, 1.807) is 25.6 Å². The normalized spacial score (nSPS) is 10.9. The largest absolute Gasteiger partial charge is 0.481 e. The first-order valence-corrected chi connectivity index (χ1v) is 12.9. The maximum Gasteiger partial charge on any atom is 0.255 e. The zero-order chi connectivity index (χ0) is 28.0. The summed E-state index contributed by atoms with van der Waals surface area (Å²) in [6.45, 7) is 10.5. The van der Waals surface area contributed by atoms with Gasteiger partial charge in [0.2, 0.25) is 5.88 Å². The Morgan fingerprint density at radius 2 is 1.72 bits per heavy atom. The van der Waals surface area contributed by atoms with Crippen molar-refractivity contribution in [1.29, 1.82) is 0 Å². The second-order valence-electron chi connectivity index (χ2n) is 9.71. The maximum absolute atomic E-state index is 12.9. The van der Waals surface area contributed by atoms with E-state index >= 15 is 0 Å². The molecule has 2 N–H and O–H groups in total. The van der Waals surface area contributed by atoms with E-state index in [0.717, 1.165) is 16.9 Å². The lowest BCUT2D eigenvalue weighted by atomic mass is 9.87. The van der Waals surface area contributed by atoms with Crippen LogP contribution in [0.1, 0.15) is 50.5 Å². The van der Waals surface area contributed by atoms with Gasteiger partial charge in [-0.15, -0.1) is 0 Å². The van der Waals surface area contributed by atoms with E-state index in [2.05, 4.69) is 41.4 Å². The summed E-state index contributed by atoms with van der Waals surface area (Å²) in [6.07, 6.45) is 7.17. The summed E-state index contributed by atoms with van der Waals surface area (Å²) >= 11 is 0. The molecular formula is C31H34N6O2. The van der Waals surface area contributed by atoms with Crippen LogP contribution >= 0.6 is 0 Å². The van der Waals surface area contributed by atoms with E-state index < -0.39 is 0 Å². The van der Waals surface area contributed by atoms with Crippen LogP contribution in [0.2, 0.25) is 0 Å². The number of aromatic nitrogens is 4. The Bertz CT molecular complexity index is 1550. The number of nitrogens with zero attached hydrogens (tertiary/aromatic N) is 4. The molecule has 0 fully saturated rings. The topological polar surface area (TPSA) is 93.4 Å². The third kappa shape index (κ3) is 6.41. The number of amides is 1. The first-order valence-electron chi connectivity index (χ1n) is 12.9. The molecule has 3 aromatic heterocycles. The predicted octanol–water partition coefficient (Wildman–Crippen LogP) is 7.12. The van der Waals surface area contributed by atoms with Crippen molar-refractivity contribution >= 4 is 28.7 Å². The highest BCUT2D eigenvalue weighted by Crippen LogP contribution is 2.27. The summed E-state index contributed by atoms with van der Waals surface area (Å²) in [5, 5.41) is 6.30. The molecule has 2 aromatic carbocycles. The van der Waals surface area contributed by atoms with Crippen molar-refractivity contribution in [2.24, 2.45) is 0 Å². The standard InChI is InChI=1S/C29H28N6O2.C2H6/c1-29(2,3)21-10-8-19(9-11-21)28(36)33-22-7-5-6-20(16-22)24-18-35-15-14-30-27(35)26(34-24)32-23-12-13-25(37-4)31-17-23;1-2/h5-18H,1-4H3,(H,32,34)(H,33,36);1-2H3. The number of carbonyl (C=O) groups excluding carboxylic acids is 1. The molecule has 200 valence electrons. The van der Waals surface area contributed by atoms with Crippen molar-refractivity contribution < 1.29 is 9.53 Å². The van der Waals surface area contributed by atoms with Crippen molar-refractivity contribution in [1.82, 2.24) is 19.4 Å². The molecule has 0 bridgehead atoms. The Hall–Kier alpha value is -4.72. The molecule has 8 nitrogen and oxygen atoms in total. The highest BCUT2D eigenvalue weighted by molar-refractivity contribution is 6.04. The molecule has 8 heteroatoms. The van der Waals surface area contributed by atoms with Gasteiger partial charge in [0.05, 0.1) is 24.7 Å². The van der Waals surface area contributed by atoms with Crippen molar-refractivity contribution in [2.75, 3.05) is 17.7 Å². The molecule has 0 saturated carbocycles. The third-order valence-electron chi connectivity index (χ3n) is 6.01. The zero-order valence-corrected chi connectivity index (χ0v) is 23.2. The highest BCUT2D eigenvalue weighted by atomic mass is 16.5. The van der Waals surface area contributed by atoms with Crippen LogP contribution in [0.3, 0.4) is 0 Å². The second-order valence-corrected chi connectivity index (χ2v) is 9.71. The van der Waals surface area contributed by atoms with Crippen LogP contribution in [0.25, 0.3) is 16.9 Å². The summed E-state index contributed by atoms with van der Waals surface area (Å²) in [5.74, 6) is 0.954. The quantitative estimate of drug-likeness (QED) is 0.247. The van der Waals surface area contributed by atoms with Gasteiger partial charge in [-0.05, 0) is 41.3 Å². The summed E-state index contributed by atoms with van der Waals surface area (Å²) in [6, 6.07) is 19.0. The van der Waals surface area contributed by atoms with E-state index in [9.17, 15) is 4.79 Å². The molecule has 1 amide bonds. The Morgan fingerprint density at radius 1 is 0.949 bits per heavy atom. The average Bonchev–Trinajstić information content (AvgIpc) is 3.44. The fraction of sp³-hybridized carbons (Fsp3) is 0.226. The minimum Gasteiger partial charge on any atom is -0.481 e. The SMILES string of the molecule is CC.COc1ccc(Nc2nc(-c3cccc(NC(=O)c4ccc(C(C)(C)C)cc4)c3)cn3ccnc23)cn1. The van der Waals surface area contributed by atoms with Crippen molar-refractivity contribution in [3.8, 4) is 17.1 Å². The summed E-state index contributed by atoms with van der Waals surface area (Å²) in [5.41, 5.74) is 5.52. The molecule has 0 aliphatic carbocycles. The van der Waals surface area contributed by atoms with Crippen LogP contribution in [0.5, 0.6) is 5.88 Å². The van der Waals surface area contributed by atoms with Gasteiger partial charge >= 0.3 is 0 Å². The van der Waals surface area contributed by atoms with Crippen LogP contribution in [0.4, 0.5) is 17.2 Å². The molecule has 39 heavy (non-hydrogen) atoms. The molecule has 0 unspecified atom stereocenters. The van der Waals surface area contributed by atoms with Crippen LogP contribution in [0.15, 0.2) is 85.5 Å². The lowest BCUT2D eigenvalue weighted by Crippen LogP contribution is -2.14. The van der Waals surface area contributed by atoms with Crippen LogP contribution in [-0.4, -0.2) is 32.4 Å². The van der Waals surface area contributed by atoms with E-state index in [1.165, 1.54) is 5.56 Å². The molecule has 0 radical (unpaired) electrons. The van der Waals surface area contributed by atoms with Gasteiger partial charge in [0.25, 0.3) is 5.91 Å². The monoisotopic (exact) mass is 522 g/mol. The van der Waals surface area contributed by atoms with Crippen LogP contribution in [-0.2, 0) is 5.41 Å². The molecule has 3 heterocycles. The van der Waals surface area contributed by atoms with E-state index in [4.69, 9.17) is 9.72 Å². The lowest BCUT2D eigenvalue weighted by Gasteiger charge is -2.19. The minimum atomic E-state index is -0.162. The summed E-state index contributed by atoms with van der Waals surface area (Å²) < 4.78 is 7.05. The van der Waals surface area contributed by atoms with Crippen molar-refractivity contribution in [3.05, 3.63) is 96.6 Å². The smallest absolute Gasteiger partial charge is 0.255 e. The number of imidazole rings is 1. The second kappa shape index (κ2) is 11.8. The van der Waals surface area contributed by atoms with Gasteiger partial charge in [-0.3, -0.25) is 4.79 Å². The van der Waals surface area contributed by atoms with Crippen molar-refractivity contribution in [3.63, 3.8) is 0 Å². The molecule has 0 spiro atoms. The summed E-state index contributed by atoms with van der Waals surface area (Å²) in [4.78, 5) is 26.4. The number of methoxy groups -OCH3 is 1. The molecule has 0 aliphatic heterocycles. The molecule has 5 aromatic rings. The van der Waals surface area contributed by atoms with Gasteiger partial charge in [0.1, 0.15) is 0 Å². The number of pyridine rings is 1. The summed E-state index contributed by atoms with van der Waals surface area (Å²) in [7, 11) is 1.58. The number of fused-ring (bicyclic) bond motifs is 1. The van der Waals surface area contributed by atoms with Crippen LogP contribution in [0, 0.1) is 0 Å². The van der Waals surface area contributed by atoms with Gasteiger partial charge in [0, 0.05) is 41.5 Å². The van der Waals surface area contributed by atoms with E-state index in [0.29, 0.717) is 28.6 Å². The Balaban J connectivity index is 0.00000172. The predicted molar refractivity (Wildman–Crippen MR) is 157 cm³/mol. The fourth-order valence-corrected chi connectivity index (χ4v) is 3.95. The lowest BCUT2D eigenvalue weighted by molar-refractivity contribution is 0.102. The average molecular weight is 523 g/mol. The Kier molecular flexibility index (Phi) is 8.24. The maximum atomic E-state index is 12.9. The third-order valence-corrected chi connectivity index (χ3v) is 6.01. The number of ether oxygens (including phenoxy) is 1. The molecule has 5 rings (SSSR count). The molecule has 0 atom stereocenters. The highest BCUT2D eigenvalue weighted by Gasteiger charge is 2.15. The zero-order valence-electron chi connectivity index (χ0n) is 23.2. The first kappa shape index (κ1) is 27.3. The molecule has 0 aliphatic rings. The number of benzene rings is 2. The number of nitrogens with one attached hydrogen (secondary N) is 2. The van der Waals surface area contributed by atoms with Gasteiger partial charge < -0.3 is 19.8 Å². The molecule has 0 saturated heterocycles. The number of hydrogen-bond donors (Lipinski definition) is 2. The number of rotatable bonds is 6. The molecular weight excluding hydrogens is 488 g/mol. The van der Waals surface area contributed by atoms with Gasteiger partial charge in [-0.1, -0.05) is 58.9 Å². The Labute approximate surface area is 229 Å². The van der Waals surface area contributed by atoms with Crippen molar-refractivity contribution in [2.45, 2.75) is 40.0 Å². The van der Waals surface area contributed by atoms with Gasteiger partial charge in [-0.25, -0.2) is 15.0 Å². The first-order chi connectivity index (χ1) is 18.8. The van der Waals surface area contributed by atoms with Gasteiger partial charge in [0.15, 0.2) is 11.5 Å². The minimum absolute atomic E-state index is 0.0320. The number of hydrogen-bond acceptors (Lipinski definition) is 6. The van der Waals surface area contributed by atoms with Crippen LogP contribution < -0.4 is 15.4 Å². The Morgan fingerprint density at radius 3 is 2.38 bits per heavy atom. The fourth-order valence-electron chi connectivity index (χ4n) is 3.95. The van der Waals surface area contributed by atoms with E-state index in [-0.39, 0.29) is 11.3 Å². The van der Waals surface area contributed by atoms with E-state index in [1.807, 2.05) is 85.2 Å². The van der Waals surface area contributed by atoms with Gasteiger partial charge in [-0.2, -0.15) is 0 Å². The number of carbonyl (C=O) groups is 1.